The average molecular weight is 465 g/mol. The van der Waals surface area contributed by atoms with Crippen LogP contribution in [0.1, 0.15) is 46.0 Å². The highest BCUT2D eigenvalue weighted by molar-refractivity contribution is 5.94. The van der Waals surface area contributed by atoms with Gasteiger partial charge in [0, 0.05) is 63.1 Å². The van der Waals surface area contributed by atoms with Crippen molar-refractivity contribution in [3.8, 4) is 0 Å². The van der Waals surface area contributed by atoms with Gasteiger partial charge in [-0.2, -0.15) is 0 Å². The number of piperidine rings is 1. The van der Waals surface area contributed by atoms with E-state index in [2.05, 4.69) is 34.2 Å². The molecule has 4 rings (SSSR count). The average Bonchev–Trinajstić information content (AvgIpc) is 2.92. The number of rotatable bonds is 7. The number of carbonyl (C=O) groups excluding carboxylic acids is 2. The van der Waals surface area contributed by atoms with E-state index in [1.807, 2.05) is 41.3 Å². The first kappa shape index (κ1) is 24.2. The second-order valence-corrected chi connectivity index (χ2v) is 9.10. The van der Waals surface area contributed by atoms with E-state index in [0.29, 0.717) is 11.6 Å². The highest BCUT2D eigenvalue weighted by Crippen LogP contribution is 2.22. The van der Waals surface area contributed by atoms with Gasteiger partial charge in [-0.15, -0.1) is 0 Å². The number of benzene rings is 2. The second kappa shape index (κ2) is 11.5. The van der Waals surface area contributed by atoms with Crippen LogP contribution in [0.3, 0.4) is 0 Å². The Hall–Kier alpha value is -2.90. The predicted molar refractivity (Wildman–Crippen MR) is 134 cm³/mol. The van der Waals surface area contributed by atoms with Crippen molar-refractivity contribution < 1.29 is 14.3 Å². The van der Waals surface area contributed by atoms with Crippen molar-refractivity contribution in [3.05, 3.63) is 65.2 Å². The minimum atomic E-state index is -0.306. The third-order valence-corrected chi connectivity index (χ3v) is 7.05. The van der Waals surface area contributed by atoms with Crippen LogP contribution in [0.25, 0.3) is 0 Å². The zero-order valence-electron chi connectivity index (χ0n) is 20.3. The summed E-state index contributed by atoms with van der Waals surface area (Å²) in [6, 6.07) is 16.2. The van der Waals surface area contributed by atoms with Crippen LogP contribution in [-0.2, 0) is 11.3 Å². The number of methoxy groups -OCH3 is 1. The molecular weight excluding hydrogens is 428 g/mol. The molecule has 2 aromatic carbocycles. The third kappa shape index (κ3) is 5.96. The summed E-state index contributed by atoms with van der Waals surface area (Å²) >= 11 is 0. The number of nitrogens with zero attached hydrogens (tertiary/aromatic N) is 3. The Morgan fingerprint density at radius 3 is 2.09 bits per heavy atom. The Kier molecular flexibility index (Phi) is 8.19. The fraction of sp³-hybridized carbons (Fsp3) is 0.481. The number of amides is 1. The zero-order valence-corrected chi connectivity index (χ0v) is 20.3. The van der Waals surface area contributed by atoms with Crippen molar-refractivity contribution in [1.82, 2.24) is 15.1 Å². The first-order valence-electron chi connectivity index (χ1n) is 12.3. The molecule has 0 unspecified atom stereocenters. The number of hydrogen-bond acceptors (Lipinski definition) is 6. The Morgan fingerprint density at radius 2 is 1.50 bits per heavy atom. The Bertz CT molecular complexity index is 945. The molecule has 0 aliphatic carbocycles. The highest BCUT2D eigenvalue weighted by atomic mass is 16.5. The summed E-state index contributed by atoms with van der Waals surface area (Å²) in [5, 5.41) is 3.64. The van der Waals surface area contributed by atoms with E-state index in [-0.39, 0.29) is 11.9 Å². The lowest BCUT2D eigenvalue weighted by molar-refractivity contribution is 0.0599. The maximum atomic E-state index is 12.8. The molecule has 1 amide bonds. The predicted octanol–water partition coefficient (Wildman–Crippen LogP) is 3.01. The summed E-state index contributed by atoms with van der Waals surface area (Å²) in [6.45, 7) is 9.53. The smallest absolute Gasteiger partial charge is 0.337 e. The van der Waals surface area contributed by atoms with E-state index < -0.39 is 0 Å². The topological polar surface area (TPSA) is 65.1 Å². The fourth-order valence-electron chi connectivity index (χ4n) is 4.75. The molecule has 7 heteroatoms. The van der Waals surface area contributed by atoms with Gasteiger partial charge in [-0.1, -0.05) is 19.1 Å². The van der Waals surface area contributed by atoms with Crippen LogP contribution < -0.4 is 10.2 Å². The molecule has 2 aliphatic rings. The molecule has 2 aromatic rings. The van der Waals surface area contributed by atoms with Crippen LogP contribution >= 0.6 is 0 Å². The van der Waals surface area contributed by atoms with Crippen LogP contribution in [0.5, 0.6) is 0 Å². The van der Waals surface area contributed by atoms with Gasteiger partial charge in [-0.05, 0) is 61.3 Å². The molecule has 182 valence electrons. The summed E-state index contributed by atoms with van der Waals surface area (Å²) in [5.41, 5.74) is 3.70. The largest absolute Gasteiger partial charge is 0.465 e. The summed E-state index contributed by atoms with van der Waals surface area (Å²) in [5.74, 6) is -0.163. The molecule has 7 nitrogen and oxygen atoms in total. The lowest BCUT2D eigenvalue weighted by Crippen LogP contribution is -2.48. The van der Waals surface area contributed by atoms with Crippen molar-refractivity contribution in [3.63, 3.8) is 0 Å². The number of likely N-dealkylation sites (N-methyl/N-ethyl adjacent to an activating group) is 1. The van der Waals surface area contributed by atoms with E-state index in [1.54, 1.807) is 0 Å². The summed E-state index contributed by atoms with van der Waals surface area (Å²) < 4.78 is 4.75. The van der Waals surface area contributed by atoms with E-state index in [0.717, 1.165) is 76.3 Å². The van der Waals surface area contributed by atoms with Gasteiger partial charge in [0.1, 0.15) is 0 Å². The lowest BCUT2D eigenvalue weighted by atomic mass is 10.0. The molecule has 0 spiro atoms. The van der Waals surface area contributed by atoms with Crippen molar-refractivity contribution in [2.45, 2.75) is 32.4 Å². The number of nitrogens with one attached hydrogen (secondary N) is 1. The number of piperazine rings is 1. The minimum Gasteiger partial charge on any atom is -0.465 e. The molecule has 2 heterocycles. The van der Waals surface area contributed by atoms with Gasteiger partial charge in [0.05, 0.1) is 12.7 Å². The van der Waals surface area contributed by atoms with Gasteiger partial charge < -0.3 is 24.8 Å². The van der Waals surface area contributed by atoms with Gasteiger partial charge in [0.25, 0.3) is 5.91 Å². The molecule has 0 saturated carbocycles. The number of hydrogen-bond donors (Lipinski definition) is 1. The van der Waals surface area contributed by atoms with E-state index in [4.69, 9.17) is 4.74 Å². The molecule has 0 radical (unpaired) electrons. The molecule has 34 heavy (non-hydrogen) atoms. The molecule has 1 N–H and O–H groups in total. The van der Waals surface area contributed by atoms with Crippen LogP contribution in [0.2, 0.25) is 0 Å². The number of anilines is 1. The van der Waals surface area contributed by atoms with Gasteiger partial charge >= 0.3 is 5.97 Å². The molecule has 0 atom stereocenters. The Balaban J connectivity index is 1.22. The first-order valence-corrected chi connectivity index (χ1v) is 12.3. The van der Waals surface area contributed by atoms with Gasteiger partial charge in [-0.25, -0.2) is 4.79 Å². The van der Waals surface area contributed by atoms with Crippen LogP contribution in [0, 0.1) is 0 Å². The molecule has 2 fully saturated rings. The SMILES string of the molecule is CCN1CCN(C(=O)c2ccc(N3CCC(NCc4ccc(C(=O)OC)cc4)CC3)cc2)CC1. The van der Waals surface area contributed by atoms with Crippen molar-refractivity contribution >= 4 is 17.6 Å². The van der Waals surface area contributed by atoms with E-state index in [1.165, 1.54) is 12.8 Å². The van der Waals surface area contributed by atoms with E-state index >= 15 is 0 Å². The summed E-state index contributed by atoms with van der Waals surface area (Å²) in [6.07, 6.45) is 2.14. The molecule has 2 saturated heterocycles. The maximum Gasteiger partial charge on any atom is 0.337 e. The third-order valence-electron chi connectivity index (χ3n) is 7.05. The molecular formula is C27H36N4O3. The standard InChI is InChI=1S/C27H36N4O3/c1-3-29-16-18-31(19-17-29)26(32)22-8-10-25(11-9-22)30-14-12-24(13-15-30)28-20-21-4-6-23(7-5-21)27(33)34-2/h4-11,24,28H,3,12-20H2,1-2H3. The van der Waals surface area contributed by atoms with Crippen LogP contribution in [0.4, 0.5) is 5.69 Å². The van der Waals surface area contributed by atoms with Crippen molar-refractivity contribution in [2.75, 3.05) is 57.8 Å². The van der Waals surface area contributed by atoms with Gasteiger partial charge in [0.15, 0.2) is 0 Å². The minimum absolute atomic E-state index is 0.143. The fourth-order valence-corrected chi connectivity index (χ4v) is 4.75. The molecule has 0 bridgehead atoms. The lowest BCUT2D eigenvalue weighted by Gasteiger charge is -2.35. The van der Waals surface area contributed by atoms with E-state index in [9.17, 15) is 9.59 Å². The second-order valence-electron chi connectivity index (χ2n) is 9.10. The normalized spacial score (nSPS) is 17.6. The number of esters is 1. The van der Waals surface area contributed by atoms with Gasteiger partial charge in [-0.3, -0.25) is 4.79 Å². The summed E-state index contributed by atoms with van der Waals surface area (Å²) in [7, 11) is 1.40. The first-order chi connectivity index (χ1) is 16.6. The quantitative estimate of drug-likeness (QED) is 0.636. The number of carbonyl (C=O) groups is 2. The highest BCUT2D eigenvalue weighted by Gasteiger charge is 2.22. The Labute approximate surface area is 202 Å². The van der Waals surface area contributed by atoms with Crippen LogP contribution in [-0.4, -0.2) is 80.6 Å². The monoisotopic (exact) mass is 464 g/mol. The molecule has 0 aromatic heterocycles. The number of ether oxygens (including phenoxy) is 1. The van der Waals surface area contributed by atoms with Crippen molar-refractivity contribution in [2.24, 2.45) is 0 Å². The summed E-state index contributed by atoms with van der Waals surface area (Å²) in [4.78, 5) is 31.2. The van der Waals surface area contributed by atoms with Crippen LogP contribution in [0.15, 0.2) is 48.5 Å². The zero-order chi connectivity index (χ0) is 23.9. The van der Waals surface area contributed by atoms with Crippen molar-refractivity contribution in [1.29, 1.82) is 0 Å². The maximum absolute atomic E-state index is 12.8. The Morgan fingerprint density at radius 1 is 0.882 bits per heavy atom. The van der Waals surface area contributed by atoms with Gasteiger partial charge in [0.2, 0.25) is 0 Å². The molecule has 2 aliphatic heterocycles.